The summed E-state index contributed by atoms with van der Waals surface area (Å²) in [5.41, 5.74) is 2.11. The van der Waals surface area contributed by atoms with Gasteiger partial charge in [-0.25, -0.2) is 0 Å². The molecule has 0 spiro atoms. The third-order valence-corrected chi connectivity index (χ3v) is 15.6. The van der Waals surface area contributed by atoms with E-state index in [1.807, 2.05) is 7.11 Å². The van der Waals surface area contributed by atoms with Crippen LogP contribution in [0.2, 0.25) is 18.1 Å². The molecule has 0 N–H and O–H groups in total. The first-order valence-corrected chi connectivity index (χ1v) is 16.1. The van der Waals surface area contributed by atoms with Gasteiger partial charge in [-0.3, -0.25) is 4.79 Å². The topological polar surface area (TPSA) is 35.5 Å². The van der Waals surface area contributed by atoms with Crippen molar-refractivity contribution in [2.24, 2.45) is 34.5 Å². The van der Waals surface area contributed by atoms with Crippen LogP contribution in [0.1, 0.15) is 86.5 Å². The Labute approximate surface area is 198 Å². The molecule has 4 aliphatic rings. The Hall–Kier alpha value is -0.453. The summed E-state index contributed by atoms with van der Waals surface area (Å²) in [6, 6.07) is 0. The molecule has 0 aliphatic heterocycles. The SMILES string of the molecule is CO[C@@H]1C[C@@H]2[C@H]3CC=C4C[C@@H](O[Si](C)(C)C(C)(C)C)CC[C@]4(C)[C@H]3CC[C@]2(C)[C@H]1C(C)=O. The quantitative estimate of drug-likeness (QED) is 0.329. The minimum absolute atomic E-state index is 0.0744. The van der Waals surface area contributed by atoms with Gasteiger partial charge in [-0.05, 0) is 98.6 Å². The molecule has 3 fully saturated rings. The van der Waals surface area contributed by atoms with Crippen molar-refractivity contribution in [3.05, 3.63) is 11.6 Å². The second-order valence-electron chi connectivity index (χ2n) is 13.6. The highest BCUT2D eigenvalue weighted by Crippen LogP contribution is 2.66. The van der Waals surface area contributed by atoms with Crippen molar-refractivity contribution < 1.29 is 14.0 Å². The van der Waals surface area contributed by atoms with E-state index in [4.69, 9.17) is 9.16 Å². The fourth-order valence-corrected chi connectivity index (χ4v) is 9.66. The molecule has 0 heterocycles. The van der Waals surface area contributed by atoms with Crippen LogP contribution in [0.15, 0.2) is 11.6 Å². The average Bonchev–Trinajstić information content (AvgIpc) is 2.99. The molecule has 0 aromatic rings. The van der Waals surface area contributed by atoms with E-state index < -0.39 is 8.32 Å². The zero-order valence-corrected chi connectivity index (χ0v) is 23.2. The van der Waals surface area contributed by atoms with E-state index >= 15 is 0 Å². The number of Topliss-reactive ketones (excluding diaryl/α,β-unsaturated/α-hetero) is 1. The molecular formula is C28H48O3Si. The number of rotatable bonds is 4. The first kappa shape index (κ1) is 24.7. The standard InChI is InChI=1S/C28H48O3Si/c1-18(29)25-24(30-7)17-23-21-11-10-19-16-20(31-32(8,9)26(2,3)4)12-14-27(19,5)22(21)13-15-28(23,25)6/h10,20-25H,11-17H2,1-9H3/t20-,21-,22-,23+,24+,25-,27-,28-/m0/s1. The van der Waals surface area contributed by atoms with Crippen LogP contribution >= 0.6 is 0 Å². The summed E-state index contributed by atoms with van der Waals surface area (Å²) in [6.07, 6.45) is 11.4. The molecule has 4 rings (SSSR count). The van der Waals surface area contributed by atoms with Crippen LogP contribution in [-0.4, -0.2) is 33.4 Å². The summed E-state index contributed by atoms with van der Waals surface area (Å²) < 4.78 is 12.8. The van der Waals surface area contributed by atoms with Gasteiger partial charge in [-0.2, -0.15) is 0 Å². The molecule has 3 nitrogen and oxygen atoms in total. The number of carbonyl (C=O) groups excluding carboxylic acids is 1. The molecule has 0 radical (unpaired) electrons. The second-order valence-corrected chi connectivity index (χ2v) is 18.4. The number of fused-ring (bicyclic) bond motifs is 5. The molecule has 4 aliphatic carbocycles. The Morgan fingerprint density at radius 3 is 2.41 bits per heavy atom. The maximum Gasteiger partial charge on any atom is 0.192 e. The molecule has 4 heteroatoms. The van der Waals surface area contributed by atoms with Crippen LogP contribution in [0.5, 0.6) is 0 Å². The van der Waals surface area contributed by atoms with Crippen molar-refractivity contribution in [1.29, 1.82) is 0 Å². The Morgan fingerprint density at radius 1 is 1.12 bits per heavy atom. The van der Waals surface area contributed by atoms with Gasteiger partial charge in [0.15, 0.2) is 8.32 Å². The lowest BCUT2D eigenvalue weighted by Gasteiger charge is -2.58. The third-order valence-electron chi connectivity index (χ3n) is 11.1. The highest BCUT2D eigenvalue weighted by molar-refractivity contribution is 6.74. The lowest BCUT2D eigenvalue weighted by atomic mass is 9.47. The van der Waals surface area contributed by atoms with Gasteiger partial charge in [0.2, 0.25) is 0 Å². The van der Waals surface area contributed by atoms with Crippen LogP contribution < -0.4 is 0 Å². The summed E-state index contributed by atoms with van der Waals surface area (Å²) >= 11 is 0. The lowest BCUT2D eigenvalue weighted by molar-refractivity contribution is -0.131. The van der Waals surface area contributed by atoms with E-state index in [9.17, 15) is 4.79 Å². The Morgan fingerprint density at radius 2 is 1.81 bits per heavy atom. The number of ether oxygens (including phenoxy) is 1. The molecule has 182 valence electrons. The average molecular weight is 461 g/mol. The summed E-state index contributed by atoms with van der Waals surface area (Å²) in [6.45, 7) is 18.6. The fourth-order valence-electron chi connectivity index (χ4n) is 8.27. The summed E-state index contributed by atoms with van der Waals surface area (Å²) in [4.78, 5) is 12.6. The van der Waals surface area contributed by atoms with Crippen LogP contribution in [0, 0.1) is 34.5 Å². The van der Waals surface area contributed by atoms with Crippen molar-refractivity contribution >= 4 is 14.1 Å². The molecular weight excluding hydrogens is 412 g/mol. The van der Waals surface area contributed by atoms with Crippen molar-refractivity contribution in [2.45, 2.75) is 117 Å². The normalized spacial score (nSPS) is 44.3. The molecule has 0 bridgehead atoms. The van der Waals surface area contributed by atoms with Gasteiger partial charge in [0.05, 0.1) is 6.10 Å². The van der Waals surface area contributed by atoms with E-state index in [1.165, 1.54) is 32.1 Å². The van der Waals surface area contributed by atoms with Crippen LogP contribution in [0.4, 0.5) is 0 Å². The van der Waals surface area contributed by atoms with Gasteiger partial charge in [0.25, 0.3) is 0 Å². The number of methoxy groups -OCH3 is 1. The van der Waals surface area contributed by atoms with Gasteiger partial charge >= 0.3 is 0 Å². The second kappa shape index (κ2) is 8.05. The number of carbonyl (C=O) groups is 1. The number of hydrogen-bond donors (Lipinski definition) is 0. The van der Waals surface area contributed by atoms with Gasteiger partial charge < -0.3 is 9.16 Å². The zero-order chi connectivity index (χ0) is 23.7. The fraction of sp³-hybridized carbons (Fsp3) is 0.893. The predicted octanol–water partition coefficient (Wildman–Crippen LogP) is 7.17. The molecule has 0 saturated heterocycles. The van der Waals surface area contributed by atoms with Crippen molar-refractivity contribution in [3.8, 4) is 0 Å². The Bertz CT molecular complexity index is 780. The monoisotopic (exact) mass is 460 g/mol. The highest BCUT2D eigenvalue weighted by Gasteiger charge is 2.62. The van der Waals surface area contributed by atoms with E-state index in [0.717, 1.165) is 18.8 Å². The molecule has 0 unspecified atom stereocenters. The first-order valence-electron chi connectivity index (χ1n) is 13.1. The van der Waals surface area contributed by atoms with E-state index in [1.54, 1.807) is 12.5 Å². The van der Waals surface area contributed by atoms with Crippen molar-refractivity contribution in [3.63, 3.8) is 0 Å². The summed E-state index contributed by atoms with van der Waals surface area (Å²) in [5.74, 6) is 2.46. The van der Waals surface area contributed by atoms with Gasteiger partial charge in [0, 0.05) is 19.1 Å². The molecule has 8 atom stereocenters. The largest absolute Gasteiger partial charge is 0.414 e. The summed E-state index contributed by atoms with van der Waals surface area (Å²) in [5, 5.41) is 0.265. The molecule has 3 saturated carbocycles. The molecule has 0 amide bonds. The first-order chi connectivity index (χ1) is 14.7. The van der Waals surface area contributed by atoms with E-state index in [-0.39, 0.29) is 22.5 Å². The number of ketones is 1. The van der Waals surface area contributed by atoms with Crippen molar-refractivity contribution in [1.82, 2.24) is 0 Å². The van der Waals surface area contributed by atoms with E-state index in [2.05, 4.69) is 53.8 Å². The van der Waals surface area contributed by atoms with Crippen LogP contribution in [0.25, 0.3) is 0 Å². The maximum atomic E-state index is 12.6. The smallest absolute Gasteiger partial charge is 0.192 e. The minimum Gasteiger partial charge on any atom is -0.414 e. The minimum atomic E-state index is -1.74. The molecule has 0 aromatic carbocycles. The van der Waals surface area contributed by atoms with Gasteiger partial charge in [-0.15, -0.1) is 0 Å². The summed E-state index contributed by atoms with van der Waals surface area (Å²) in [7, 11) is 0.0694. The van der Waals surface area contributed by atoms with Gasteiger partial charge in [-0.1, -0.05) is 46.3 Å². The third kappa shape index (κ3) is 3.71. The lowest BCUT2D eigenvalue weighted by Crippen LogP contribution is -2.52. The maximum absolute atomic E-state index is 12.6. The predicted molar refractivity (Wildman–Crippen MR) is 134 cm³/mol. The van der Waals surface area contributed by atoms with Gasteiger partial charge in [0.1, 0.15) is 5.78 Å². The highest BCUT2D eigenvalue weighted by atomic mass is 28.4. The van der Waals surface area contributed by atoms with E-state index in [0.29, 0.717) is 29.1 Å². The number of hydrogen-bond acceptors (Lipinski definition) is 3. The molecule has 0 aromatic heterocycles. The van der Waals surface area contributed by atoms with Crippen molar-refractivity contribution in [2.75, 3.05) is 7.11 Å². The Kier molecular flexibility index (Phi) is 6.21. The zero-order valence-electron chi connectivity index (χ0n) is 22.2. The number of allylic oxidation sites excluding steroid dienone is 1. The van der Waals surface area contributed by atoms with Crippen LogP contribution in [0.3, 0.4) is 0 Å². The Balaban J connectivity index is 1.56. The molecule has 32 heavy (non-hydrogen) atoms. The van der Waals surface area contributed by atoms with Crippen LogP contribution in [-0.2, 0) is 14.0 Å².